The molecule has 2 aromatic rings. The van der Waals surface area contributed by atoms with Crippen molar-refractivity contribution in [3.63, 3.8) is 0 Å². The Balaban J connectivity index is 1.84. The number of aromatic nitrogens is 1. The number of carbonyl (C=O) groups excluding carboxylic acids is 1. The molecule has 1 atom stereocenters. The highest BCUT2D eigenvalue weighted by Crippen LogP contribution is 2.27. The van der Waals surface area contributed by atoms with Gasteiger partial charge < -0.3 is 20.6 Å². The minimum absolute atomic E-state index is 0.0705. The number of benzene rings is 1. The summed E-state index contributed by atoms with van der Waals surface area (Å²) in [5.74, 6) is -0.0705. The molecule has 3 N–H and O–H groups in total. The molecule has 0 saturated heterocycles. The van der Waals surface area contributed by atoms with Crippen molar-refractivity contribution in [2.45, 2.75) is 19.0 Å². The molecule has 6 heteroatoms. The summed E-state index contributed by atoms with van der Waals surface area (Å²) in [4.78, 5) is 18.8. The zero-order valence-corrected chi connectivity index (χ0v) is 14.9. The molecule has 3 heterocycles. The molecule has 1 unspecified atom stereocenters. The smallest absolute Gasteiger partial charge is 0.228 e. The molecule has 0 radical (unpaired) electrons. The summed E-state index contributed by atoms with van der Waals surface area (Å²) in [5.41, 5.74) is 4.68. The van der Waals surface area contributed by atoms with E-state index >= 15 is 0 Å². The van der Waals surface area contributed by atoms with E-state index in [-0.39, 0.29) is 18.6 Å². The largest absolute Gasteiger partial charge is 0.394 e. The number of hydrogen-bond donors (Lipinski definition) is 3. The van der Waals surface area contributed by atoms with Crippen LogP contribution in [0.4, 0.5) is 5.69 Å². The molecule has 0 bridgehead atoms. The lowest BCUT2D eigenvalue weighted by Gasteiger charge is -2.15. The minimum atomic E-state index is -0.324. The van der Waals surface area contributed by atoms with E-state index in [1.165, 1.54) is 5.56 Å². The van der Waals surface area contributed by atoms with Crippen LogP contribution in [0.2, 0.25) is 0 Å². The van der Waals surface area contributed by atoms with Gasteiger partial charge in [0.05, 0.1) is 29.7 Å². The van der Waals surface area contributed by atoms with Gasteiger partial charge in [-0.25, -0.2) is 0 Å². The lowest BCUT2D eigenvalue weighted by Crippen LogP contribution is -2.34. The highest BCUT2D eigenvalue weighted by Gasteiger charge is 2.28. The van der Waals surface area contributed by atoms with Gasteiger partial charge in [-0.1, -0.05) is 30.3 Å². The first-order chi connectivity index (χ1) is 12.6. The van der Waals surface area contributed by atoms with Crippen LogP contribution in [-0.2, 0) is 11.3 Å². The Bertz CT molecular complexity index is 980. The number of pyridine rings is 1. The van der Waals surface area contributed by atoms with E-state index < -0.39 is 0 Å². The van der Waals surface area contributed by atoms with E-state index in [0.717, 1.165) is 39.6 Å². The van der Waals surface area contributed by atoms with Crippen molar-refractivity contribution in [2.24, 2.45) is 0 Å². The van der Waals surface area contributed by atoms with E-state index in [0.29, 0.717) is 6.42 Å². The summed E-state index contributed by atoms with van der Waals surface area (Å²) in [6, 6.07) is 8.02. The van der Waals surface area contributed by atoms with Gasteiger partial charge in [0, 0.05) is 35.2 Å². The van der Waals surface area contributed by atoms with Crippen LogP contribution in [0.3, 0.4) is 0 Å². The van der Waals surface area contributed by atoms with Crippen LogP contribution in [0.1, 0.15) is 12.0 Å². The average molecular weight is 350 g/mol. The molecule has 6 nitrogen and oxygen atoms in total. The number of hydrogen-bond acceptors (Lipinski definition) is 5. The van der Waals surface area contributed by atoms with E-state index in [4.69, 9.17) is 0 Å². The highest BCUT2D eigenvalue weighted by molar-refractivity contribution is 5.92. The Hall–Kier alpha value is -2.70. The number of carbonyl (C=O) groups is 1. The molecule has 26 heavy (non-hydrogen) atoms. The molecular formula is C20H22N4O2. The van der Waals surface area contributed by atoms with Crippen molar-refractivity contribution >= 4 is 23.4 Å². The van der Waals surface area contributed by atoms with E-state index in [1.54, 1.807) is 0 Å². The highest BCUT2D eigenvalue weighted by atomic mass is 16.3. The molecule has 2 aliphatic heterocycles. The van der Waals surface area contributed by atoms with Gasteiger partial charge in [0.2, 0.25) is 5.91 Å². The standard InChI is InChI=1S/C20H22N4O2/c1-24(2)10-12-3-5-13(6-4-12)18-20-17-14(9-21-18)7-8-16(26)23-19(17)15(11-25)22-20/h3-7,9,15,22,25H,8,10-11H2,1-2H3,(H,23,26). The third-order valence-corrected chi connectivity index (χ3v) is 4.73. The van der Waals surface area contributed by atoms with Crippen LogP contribution in [0, 0.1) is 0 Å². The van der Waals surface area contributed by atoms with Gasteiger partial charge in [-0.3, -0.25) is 9.78 Å². The predicted molar refractivity (Wildman–Crippen MR) is 101 cm³/mol. The molecular weight excluding hydrogens is 328 g/mol. The molecule has 134 valence electrons. The van der Waals surface area contributed by atoms with Gasteiger partial charge in [0.15, 0.2) is 0 Å². The van der Waals surface area contributed by atoms with Crippen LogP contribution in [-0.4, -0.2) is 47.6 Å². The number of nitrogens with one attached hydrogen (secondary N) is 2. The van der Waals surface area contributed by atoms with Crippen LogP contribution < -0.4 is 21.1 Å². The van der Waals surface area contributed by atoms with Crippen LogP contribution >= 0.6 is 0 Å². The molecule has 0 fully saturated rings. The fourth-order valence-corrected chi connectivity index (χ4v) is 3.57. The van der Waals surface area contributed by atoms with Gasteiger partial charge in [0.25, 0.3) is 0 Å². The Morgan fingerprint density at radius 3 is 2.73 bits per heavy atom. The van der Waals surface area contributed by atoms with Crippen LogP contribution in [0.25, 0.3) is 23.0 Å². The third kappa shape index (κ3) is 2.87. The molecule has 1 aromatic heterocycles. The van der Waals surface area contributed by atoms with Crippen molar-refractivity contribution in [1.29, 1.82) is 0 Å². The number of aliphatic hydroxyl groups excluding tert-OH is 1. The Morgan fingerprint density at radius 1 is 1.27 bits per heavy atom. The van der Waals surface area contributed by atoms with Gasteiger partial charge in [-0.05, 0) is 19.7 Å². The Morgan fingerprint density at radius 2 is 2.04 bits per heavy atom. The van der Waals surface area contributed by atoms with Crippen molar-refractivity contribution in [1.82, 2.24) is 15.2 Å². The number of aliphatic hydroxyl groups is 1. The molecule has 4 rings (SSSR count). The van der Waals surface area contributed by atoms with Crippen molar-refractivity contribution in [3.05, 3.63) is 46.5 Å². The molecule has 1 amide bonds. The van der Waals surface area contributed by atoms with Crippen molar-refractivity contribution in [2.75, 3.05) is 26.0 Å². The summed E-state index contributed by atoms with van der Waals surface area (Å²) in [6.45, 7) is 0.791. The lowest BCUT2D eigenvalue weighted by atomic mass is 10.1. The minimum Gasteiger partial charge on any atom is -0.394 e. The maximum absolute atomic E-state index is 12.0. The zero-order chi connectivity index (χ0) is 18.3. The average Bonchev–Trinajstić information content (AvgIpc) is 2.89. The maximum atomic E-state index is 12.0. The SMILES string of the molecule is CN(C)Cc1ccc(-c2ncc3c4c2NC(CO)C=4NC(=O)CC=3)cc1. The fourth-order valence-electron chi connectivity index (χ4n) is 3.57. The summed E-state index contributed by atoms with van der Waals surface area (Å²) < 4.78 is 0. The molecule has 1 aromatic carbocycles. The topological polar surface area (TPSA) is 77.5 Å². The quantitative estimate of drug-likeness (QED) is 0.724. The van der Waals surface area contributed by atoms with Crippen molar-refractivity contribution < 1.29 is 9.90 Å². The second-order valence-corrected chi connectivity index (χ2v) is 7.00. The molecule has 0 aliphatic carbocycles. The molecule has 0 saturated carbocycles. The van der Waals surface area contributed by atoms with E-state index in [1.807, 2.05) is 26.4 Å². The monoisotopic (exact) mass is 350 g/mol. The fraction of sp³-hybridized carbons (Fsp3) is 0.300. The predicted octanol–water partition coefficient (Wildman–Crippen LogP) is 0.00520. The van der Waals surface area contributed by atoms with Gasteiger partial charge in [-0.15, -0.1) is 0 Å². The number of anilines is 1. The second kappa shape index (κ2) is 6.55. The third-order valence-electron chi connectivity index (χ3n) is 4.73. The first-order valence-corrected chi connectivity index (χ1v) is 8.71. The van der Waals surface area contributed by atoms with Crippen LogP contribution in [0.15, 0.2) is 30.5 Å². The zero-order valence-electron chi connectivity index (χ0n) is 14.9. The van der Waals surface area contributed by atoms with Gasteiger partial charge >= 0.3 is 0 Å². The normalized spacial score (nSPS) is 18.1. The second-order valence-electron chi connectivity index (χ2n) is 7.00. The number of nitrogens with zero attached hydrogens (tertiary/aromatic N) is 2. The first kappa shape index (κ1) is 16.8. The Kier molecular flexibility index (Phi) is 4.22. The van der Waals surface area contributed by atoms with Gasteiger partial charge in [0.1, 0.15) is 0 Å². The van der Waals surface area contributed by atoms with Crippen LogP contribution in [0.5, 0.6) is 0 Å². The molecule has 2 aliphatic rings. The lowest BCUT2D eigenvalue weighted by molar-refractivity contribution is -0.118. The Labute approximate surface area is 151 Å². The van der Waals surface area contributed by atoms with Crippen molar-refractivity contribution in [3.8, 4) is 11.3 Å². The number of rotatable bonds is 4. The number of amides is 1. The summed E-state index contributed by atoms with van der Waals surface area (Å²) in [7, 11) is 4.09. The molecule has 0 spiro atoms. The van der Waals surface area contributed by atoms with E-state index in [9.17, 15) is 9.90 Å². The first-order valence-electron chi connectivity index (χ1n) is 8.71. The maximum Gasteiger partial charge on any atom is 0.228 e. The summed E-state index contributed by atoms with van der Waals surface area (Å²) in [6.07, 6.45) is 4.01. The van der Waals surface area contributed by atoms with Gasteiger partial charge in [-0.2, -0.15) is 0 Å². The summed E-state index contributed by atoms with van der Waals surface area (Å²) in [5, 5.41) is 17.9. The summed E-state index contributed by atoms with van der Waals surface area (Å²) >= 11 is 0. The van der Waals surface area contributed by atoms with E-state index in [2.05, 4.69) is 44.8 Å².